The molecule has 156 valence electrons. The molecule has 3 rings (SSSR count). The second-order valence-electron chi connectivity index (χ2n) is 7.62. The number of benzene rings is 1. The molecule has 28 heavy (non-hydrogen) atoms. The van der Waals surface area contributed by atoms with Gasteiger partial charge in [-0.05, 0) is 37.1 Å². The average molecular weight is 412 g/mol. The SMILES string of the molecule is O=C(c1ccc(F)cc1)N(CCS(=O)(=O)N1CCNCC1)C1CCCCCC1. The predicted octanol–water partition coefficient (Wildman–Crippen LogP) is 2.23. The molecule has 1 amide bonds. The minimum absolute atomic E-state index is 0.0401. The summed E-state index contributed by atoms with van der Waals surface area (Å²) >= 11 is 0. The van der Waals surface area contributed by atoms with Gasteiger partial charge in [0.25, 0.3) is 5.91 Å². The summed E-state index contributed by atoms with van der Waals surface area (Å²) in [5.41, 5.74) is 0.408. The van der Waals surface area contributed by atoms with Crippen molar-refractivity contribution in [1.29, 1.82) is 0 Å². The van der Waals surface area contributed by atoms with Crippen LogP contribution >= 0.6 is 0 Å². The van der Waals surface area contributed by atoms with Gasteiger partial charge in [-0.2, -0.15) is 4.31 Å². The zero-order valence-electron chi connectivity index (χ0n) is 16.3. The van der Waals surface area contributed by atoms with E-state index >= 15 is 0 Å². The van der Waals surface area contributed by atoms with Crippen LogP contribution in [0.25, 0.3) is 0 Å². The van der Waals surface area contributed by atoms with Crippen LogP contribution in [0.2, 0.25) is 0 Å². The highest BCUT2D eigenvalue weighted by atomic mass is 32.2. The number of halogens is 1. The Morgan fingerprint density at radius 2 is 1.68 bits per heavy atom. The third-order valence-corrected chi connectivity index (χ3v) is 7.53. The molecule has 0 atom stereocenters. The Morgan fingerprint density at radius 1 is 1.07 bits per heavy atom. The molecule has 1 aliphatic carbocycles. The standard InChI is InChI=1S/C20H30FN3O3S/c21-18-9-7-17(8-10-18)20(25)24(19-5-3-1-2-4-6-19)15-16-28(26,27)23-13-11-22-12-14-23/h7-10,19,22H,1-6,11-16H2. The molecule has 0 unspecified atom stereocenters. The number of hydrogen-bond donors (Lipinski definition) is 1. The number of sulfonamides is 1. The van der Waals surface area contributed by atoms with Crippen molar-refractivity contribution in [3.05, 3.63) is 35.6 Å². The largest absolute Gasteiger partial charge is 0.335 e. The quantitative estimate of drug-likeness (QED) is 0.729. The van der Waals surface area contributed by atoms with Crippen molar-refractivity contribution >= 4 is 15.9 Å². The Morgan fingerprint density at radius 3 is 2.29 bits per heavy atom. The molecule has 1 saturated heterocycles. The van der Waals surface area contributed by atoms with Gasteiger partial charge in [0.2, 0.25) is 10.0 Å². The Labute approximate surface area is 167 Å². The molecule has 8 heteroatoms. The lowest BCUT2D eigenvalue weighted by molar-refractivity contribution is 0.0674. The monoisotopic (exact) mass is 411 g/mol. The molecule has 1 heterocycles. The van der Waals surface area contributed by atoms with E-state index < -0.39 is 10.0 Å². The first-order chi connectivity index (χ1) is 13.5. The Balaban J connectivity index is 1.75. The number of hydrogen-bond acceptors (Lipinski definition) is 4. The first kappa shape index (κ1) is 21.2. The molecule has 1 aromatic rings. The lowest BCUT2D eigenvalue weighted by atomic mass is 10.1. The van der Waals surface area contributed by atoms with Gasteiger partial charge >= 0.3 is 0 Å². The fourth-order valence-electron chi connectivity index (χ4n) is 4.04. The fraction of sp³-hybridized carbons (Fsp3) is 0.650. The predicted molar refractivity (Wildman–Crippen MR) is 107 cm³/mol. The van der Waals surface area contributed by atoms with Gasteiger partial charge in [-0.15, -0.1) is 0 Å². The lowest BCUT2D eigenvalue weighted by Gasteiger charge is -2.33. The summed E-state index contributed by atoms with van der Waals surface area (Å²) in [4.78, 5) is 14.9. The van der Waals surface area contributed by atoms with Crippen molar-refractivity contribution in [2.45, 2.75) is 44.6 Å². The smallest absolute Gasteiger partial charge is 0.254 e. The maximum atomic E-state index is 13.3. The number of carbonyl (C=O) groups excluding carboxylic acids is 1. The average Bonchev–Trinajstić information content (AvgIpc) is 2.99. The molecule has 0 aromatic heterocycles. The van der Waals surface area contributed by atoms with Gasteiger partial charge in [0.1, 0.15) is 5.82 Å². The molecule has 0 spiro atoms. The van der Waals surface area contributed by atoms with Crippen LogP contribution < -0.4 is 5.32 Å². The first-order valence-electron chi connectivity index (χ1n) is 10.2. The molecule has 1 N–H and O–H groups in total. The Bertz CT molecular complexity index is 740. The van der Waals surface area contributed by atoms with E-state index in [-0.39, 0.29) is 30.1 Å². The van der Waals surface area contributed by atoms with Crippen LogP contribution in [0.3, 0.4) is 0 Å². The van der Waals surface area contributed by atoms with Crippen LogP contribution in [-0.4, -0.2) is 68.0 Å². The second-order valence-corrected chi connectivity index (χ2v) is 9.70. The van der Waals surface area contributed by atoms with E-state index in [2.05, 4.69) is 5.32 Å². The van der Waals surface area contributed by atoms with Crippen LogP contribution in [0.1, 0.15) is 48.9 Å². The number of amides is 1. The van der Waals surface area contributed by atoms with E-state index in [1.165, 1.54) is 28.6 Å². The highest BCUT2D eigenvalue weighted by Gasteiger charge is 2.29. The molecule has 2 aliphatic rings. The molecule has 1 saturated carbocycles. The van der Waals surface area contributed by atoms with Gasteiger partial charge in [-0.25, -0.2) is 12.8 Å². The molecule has 2 fully saturated rings. The lowest BCUT2D eigenvalue weighted by Crippen LogP contribution is -2.49. The summed E-state index contributed by atoms with van der Waals surface area (Å²) in [5, 5.41) is 3.15. The minimum atomic E-state index is -3.41. The van der Waals surface area contributed by atoms with Gasteiger partial charge in [-0.1, -0.05) is 25.7 Å². The van der Waals surface area contributed by atoms with Gasteiger partial charge in [0.15, 0.2) is 0 Å². The number of rotatable bonds is 6. The molecule has 6 nitrogen and oxygen atoms in total. The van der Waals surface area contributed by atoms with Crippen molar-refractivity contribution in [2.75, 3.05) is 38.5 Å². The second kappa shape index (κ2) is 9.80. The minimum Gasteiger partial charge on any atom is -0.335 e. The summed E-state index contributed by atoms with van der Waals surface area (Å²) < 4.78 is 40.3. The topological polar surface area (TPSA) is 69.7 Å². The van der Waals surface area contributed by atoms with E-state index in [9.17, 15) is 17.6 Å². The van der Waals surface area contributed by atoms with Crippen molar-refractivity contribution in [1.82, 2.24) is 14.5 Å². The summed E-state index contributed by atoms with van der Waals surface area (Å²) in [6, 6.07) is 5.54. The highest BCUT2D eigenvalue weighted by Crippen LogP contribution is 2.24. The third-order valence-electron chi connectivity index (χ3n) is 5.68. The number of piperazine rings is 1. The zero-order valence-corrected chi connectivity index (χ0v) is 17.1. The number of carbonyl (C=O) groups is 1. The van der Waals surface area contributed by atoms with Gasteiger partial charge in [0.05, 0.1) is 5.75 Å². The van der Waals surface area contributed by atoms with Gasteiger partial charge in [0, 0.05) is 44.3 Å². The molecule has 0 radical (unpaired) electrons. The zero-order chi connectivity index (χ0) is 20.0. The fourth-order valence-corrected chi connectivity index (χ4v) is 5.47. The maximum absolute atomic E-state index is 13.3. The highest BCUT2D eigenvalue weighted by molar-refractivity contribution is 7.89. The van der Waals surface area contributed by atoms with Crippen molar-refractivity contribution in [3.8, 4) is 0 Å². The van der Waals surface area contributed by atoms with Gasteiger partial charge < -0.3 is 10.2 Å². The number of nitrogens with one attached hydrogen (secondary N) is 1. The van der Waals surface area contributed by atoms with Gasteiger partial charge in [-0.3, -0.25) is 4.79 Å². The van der Waals surface area contributed by atoms with Crippen LogP contribution in [-0.2, 0) is 10.0 Å². The van der Waals surface area contributed by atoms with E-state index in [4.69, 9.17) is 0 Å². The normalized spacial score (nSPS) is 19.9. The molecule has 1 aliphatic heterocycles. The van der Waals surface area contributed by atoms with Crippen LogP contribution in [0.15, 0.2) is 24.3 Å². The molecular weight excluding hydrogens is 381 g/mol. The Kier molecular flexibility index (Phi) is 7.42. The molecule has 1 aromatic carbocycles. The Hall–Kier alpha value is -1.51. The van der Waals surface area contributed by atoms with Crippen LogP contribution in [0, 0.1) is 5.82 Å². The number of nitrogens with zero attached hydrogens (tertiary/aromatic N) is 2. The molecule has 0 bridgehead atoms. The molecular formula is C20H30FN3O3S. The van der Waals surface area contributed by atoms with E-state index in [1.54, 1.807) is 4.90 Å². The first-order valence-corrected chi connectivity index (χ1v) is 11.8. The van der Waals surface area contributed by atoms with E-state index in [0.29, 0.717) is 31.7 Å². The summed E-state index contributed by atoms with van der Waals surface area (Å²) in [6.07, 6.45) is 6.16. The van der Waals surface area contributed by atoms with Crippen LogP contribution in [0.5, 0.6) is 0 Å². The van der Waals surface area contributed by atoms with Crippen molar-refractivity contribution < 1.29 is 17.6 Å². The maximum Gasteiger partial charge on any atom is 0.254 e. The van der Waals surface area contributed by atoms with Crippen molar-refractivity contribution in [2.24, 2.45) is 0 Å². The van der Waals surface area contributed by atoms with Crippen molar-refractivity contribution in [3.63, 3.8) is 0 Å². The summed E-state index contributed by atoms with van der Waals surface area (Å²) in [6.45, 7) is 2.42. The van der Waals surface area contributed by atoms with Crippen LogP contribution in [0.4, 0.5) is 4.39 Å². The summed E-state index contributed by atoms with van der Waals surface area (Å²) in [7, 11) is -3.41. The third kappa shape index (κ3) is 5.52. The van der Waals surface area contributed by atoms with E-state index in [0.717, 1.165) is 38.5 Å². The summed E-state index contributed by atoms with van der Waals surface area (Å²) in [5.74, 6) is -0.669. The van der Waals surface area contributed by atoms with E-state index in [1.807, 2.05) is 0 Å².